The molecule has 4 aromatic rings. The summed E-state index contributed by atoms with van der Waals surface area (Å²) in [5.41, 5.74) is 3.43. The molecule has 128 valence electrons. The molecule has 1 amide bonds. The number of carbonyl (C=O) groups excluding carboxylic acids is 1. The lowest BCUT2D eigenvalue weighted by Crippen LogP contribution is -2.07. The van der Waals surface area contributed by atoms with Crippen LogP contribution in [0.1, 0.15) is 5.56 Å². The second-order valence-corrected chi connectivity index (χ2v) is 6.00. The molecular formula is C21H17N3O2. The summed E-state index contributed by atoms with van der Waals surface area (Å²) in [4.78, 5) is 12.0. The Morgan fingerprint density at radius 3 is 2.69 bits per heavy atom. The van der Waals surface area contributed by atoms with Crippen LogP contribution in [-0.2, 0) is 11.8 Å². The summed E-state index contributed by atoms with van der Waals surface area (Å²) in [5.74, 6) is 0.617. The smallest absolute Gasteiger partial charge is 0.248 e. The molecule has 2 aromatic heterocycles. The summed E-state index contributed by atoms with van der Waals surface area (Å²) in [6, 6.07) is 17.5. The maximum Gasteiger partial charge on any atom is 0.248 e. The summed E-state index contributed by atoms with van der Waals surface area (Å²) in [6.07, 6.45) is 6.76. The van der Waals surface area contributed by atoms with E-state index in [0.29, 0.717) is 0 Å². The van der Waals surface area contributed by atoms with Crippen molar-refractivity contribution in [3.63, 3.8) is 0 Å². The number of furan rings is 1. The number of anilines is 1. The van der Waals surface area contributed by atoms with Gasteiger partial charge in [-0.15, -0.1) is 0 Å². The average molecular weight is 343 g/mol. The first-order valence-electron chi connectivity index (χ1n) is 8.24. The van der Waals surface area contributed by atoms with Gasteiger partial charge in [0.2, 0.25) is 5.91 Å². The minimum Gasteiger partial charge on any atom is -0.456 e. The SMILES string of the molecule is Cn1cc(C=CC(=O)Nc2ccc(-c3cc4ccccc4o3)cc2)cn1. The summed E-state index contributed by atoms with van der Waals surface area (Å²) in [5, 5.41) is 7.97. The first-order chi connectivity index (χ1) is 12.7. The first-order valence-corrected chi connectivity index (χ1v) is 8.24. The molecule has 0 saturated heterocycles. The fraction of sp³-hybridized carbons (Fsp3) is 0.0476. The first kappa shape index (κ1) is 15.9. The Labute approximate surface area is 150 Å². The molecule has 0 saturated carbocycles. The third-order valence-corrected chi connectivity index (χ3v) is 4.01. The van der Waals surface area contributed by atoms with E-state index in [0.717, 1.165) is 33.5 Å². The number of nitrogens with zero attached hydrogens (tertiary/aromatic N) is 2. The molecule has 2 heterocycles. The molecule has 2 aromatic carbocycles. The maximum absolute atomic E-state index is 12.0. The van der Waals surface area contributed by atoms with E-state index in [1.807, 2.05) is 67.8 Å². The standard InChI is InChI=1S/C21H17N3O2/c1-24-14-15(13-22-24)6-11-21(25)23-18-9-7-16(8-10-18)20-12-17-4-2-3-5-19(17)26-20/h2-14H,1H3,(H,23,25). The van der Waals surface area contributed by atoms with Gasteiger partial charge in [-0.1, -0.05) is 18.2 Å². The second kappa shape index (κ2) is 6.72. The van der Waals surface area contributed by atoms with Crippen molar-refractivity contribution in [2.75, 3.05) is 5.32 Å². The zero-order chi connectivity index (χ0) is 17.9. The van der Waals surface area contributed by atoms with Crippen LogP contribution in [-0.4, -0.2) is 15.7 Å². The zero-order valence-corrected chi connectivity index (χ0v) is 14.2. The van der Waals surface area contributed by atoms with E-state index in [4.69, 9.17) is 4.42 Å². The van der Waals surface area contributed by atoms with E-state index >= 15 is 0 Å². The van der Waals surface area contributed by atoms with Crippen LogP contribution in [0.15, 0.2) is 77.5 Å². The number of aryl methyl sites for hydroxylation is 1. The molecule has 5 nitrogen and oxygen atoms in total. The second-order valence-electron chi connectivity index (χ2n) is 6.00. The number of rotatable bonds is 4. The third-order valence-electron chi connectivity index (χ3n) is 4.01. The van der Waals surface area contributed by atoms with Crippen molar-refractivity contribution in [3.8, 4) is 11.3 Å². The third kappa shape index (κ3) is 3.42. The van der Waals surface area contributed by atoms with Crippen molar-refractivity contribution in [1.29, 1.82) is 0 Å². The molecule has 5 heteroatoms. The Balaban J connectivity index is 1.45. The van der Waals surface area contributed by atoms with Gasteiger partial charge in [0, 0.05) is 41.5 Å². The molecule has 0 radical (unpaired) electrons. The normalized spacial score (nSPS) is 11.3. The molecule has 0 fully saturated rings. The molecule has 0 spiro atoms. The van der Waals surface area contributed by atoms with Gasteiger partial charge in [0.05, 0.1) is 6.20 Å². The van der Waals surface area contributed by atoms with Crippen molar-refractivity contribution in [3.05, 3.63) is 78.6 Å². The van der Waals surface area contributed by atoms with Crippen LogP contribution in [0.5, 0.6) is 0 Å². The highest BCUT2D eigenvalue weighted by Gasteiger charge is 2.06. The van der Waals surface area contributed by atoms with Gasteiger partial charge in [0.15, 0.2) is 0 Å². The number of fused-ring (bicyclic) bond motifs is 1. The number of benzene rings is 2. The quantitative estimate of drug-likeness (QED) is 0.556. The predicted octanol–water partition coefficient (Wildman–Crippen LogP) is 4.49. The van der Waals surface area contributed by atoms with E-state index in [2.05, 4.69) is 10.4 Å². The van der Waals surface area contributed by atoms with E-state index in [1.165, 1.54) is 6.08 Å². The van der Waals surface area contributed by atoms with Gasteiger partial charge >= 0.3 is 0 Å². The van der Waals surface area contributed by atoms with Crippen LogP contribution < -0.4 is 5.32 Å². The number of nitrogens with one attached hydrogen (secondary N) is 1. The molecule has 0 unspecified atom stereocenters. The van der Waals surface area contributed by atoms with E-state index in [-0.39, 0.29) is 5.91 Å². The Morgan fingerprint density at radius 2 is 1.96 bits per heavy atom. The number of hydrogen-bond donors (Lipinski definition) is 1. The molecule has 26 heavy (non-hydrogen) atoms. The largest absolute Gasteiger partial charge is 0.456 e. The monoisotopic (exact) mass is 343 g/mol. The lowest BCUT2D eigenvalue weighted by Gasteiger charge is -2.03. The summed E-state index contributed by atoms with van der Waals surface area (Å²) in [7, 11) is 1.83. The highest BCUT2D eigenvalue weighted by molar-refractivity contribution is 6.02. The van der Waals surface area contributed by atoms with Crippen LogP contribution >= 0.6 is 0 Å². The van der Waals surface area contributed by atoms with E-state index in [9.17, 15) is 4.79 Å². The van der Waals surface area contributed by atoms with Gasteiger partial charge in [-0.05, 0) is 42.5 Å². The van der Waals surface area contributed by atoms with Crippen molar-refractivity contribution in [1.82, 2.24) is 9.78 Å². The van der Waals surface area contributed by atoms with E-state index < -0.39 is 0 Å². The van der Waals surface area contributed by atoms with Crippen LogP contribution in [0.25, 0.3) is 28.4 Å². The molecule has 0 aliphatic carbocycles. The number of hydrogen-bond acceptors (Lipinski definition) is 3. The highest BCUT2D eigenvalue weighted by Crippen LogP contribution is 2.28. The number of carbonyl (C=O) groups is 1. The van der Waals surface area contributed by atoms with Crippen molar-refractivity contribution >= 4 is 28.6 Å². The predicted molar refractivity (Wildman–Crippen MR) is 103 cm³/mol. The topological polar surface area (TPSA) is 60.1 Å². The molecule has 0 aliphatic heterocycles. The van der Waals surface area contributed by atoms with Crippen LogP contribution in [0, 0.1) is 0 Å². The summed E-state index contributed by atoms with van der Waals surface area (Å²) in [6.45, 7) is 0. The summed E-state index contributed by atoms with van der Waals surface area (Å²) >= 11 is 0. The van der Waals surface area contributed by atoms with Gasteiger partial charge in [-0.25, -0.2) is 0 Å². The fourth-order valence-corrected chi connectivity index (χ4v) is 2.72. The molecular weight excluding hydrogens is 326 g/mol. The fourth-order valence-electron chi connectivity index (χ4n) is 2.72. The van der Waals surface area contributed by atoms with Gasteiger partial charge in [0.25, 0.3) is 0 Å². The Kier molecular flexibility index (Phi) is 4.11. The van der Waals surface area contributed by atoms with Gasteiger partial charge in [-0.3, -0.25) is 9.48 Å². The summed E-state index contributed by atoms with van der Waals surface area (Å²) < 4.78 is 7.55. The van der Waals surface area contributed by atoms with Crippen LogP contribution in [0.4, 0.5) is 5.69 Å². The lowest BCUT2D eigenvalue weighted by atomic mass is 10.1. The number of amides is 1. The zero-order valence-electron chi connectivity index (χ0n) is 14.2. The molecule has 0 aliphatic rings. The van der Waals surface area contributed by atoms with Crippen molar-refractivity contribution < 1.29 is 9.21 Å². The molecule has 0 atom stereocenters. The molecule has 1 N–H and O–H groups in total. The van der Waals surface area contributed by atoms with Gasteiger partial charge in [0.1, 0.15) is 11.3 Å². The van der Waals surface area contributed by atoms with Crippen molar-refractivity contribution in [2.24, 2.45) is 7.05 Å². The maximum atomic E-state index is 12.0. The van der Waals surface area contributed by atoms with Crippen molar-refractivity contribution in [2.45, 2.75) is 0 Å². The Hall–Kier alpha value is -3.60. The van der Waals surface area contributed by atoms with E-state index in [1.54, 1.807) is 17.0 Å². The lowest BCUT2D eigenvalue weighted by molar-refractivity contribution is -0.111. The minimum absolute atomic E-state index is 0.189. The van der Waals surface area contributed by atoms with Gasteiger partial charge < -0.3 is 9.73 Å². The van der Waals surface area contributed by atoms with Gasteiger partial charge in [-0.2, -0.15) is 5.10 Å². The van der Waals surface area contributed by atoms with Crippen LogP contribution in [0.2, 0.25) is 0 Å². The van der Waals surface area contributed by atoms with Crippen LogP contribution in [0.3, 0.4) is 0 Å². The minimum atomic E-state index is -0.189. The number of para-hydroxylation sites is 1. The highest BCUT2D eigenvalue weighted by atomic mass is 16.3. The Bertz CT molecular complexity index is 1050. The number of aromatic nitrogens is 2. The average Bonchev–Trinajstić information content (AvgIpc) is 3.26. The molecule has 0 bridgehead atoms. The Morgan fingerprint density at radius 1 is 1.15 bits per heavy atom. The molecule has 4 rings (SSSR count).